The Labute approximate surface area is 145 Å². The van der Waals surface area contributed by atoms with Crippen LogP contribution in [0.3, 0.4) is 0 Å². The summed E-state index contributed by atoms with van der Waals surface area (Å²) < 4.78 is 5.73. The predicted octanol–water partition coefficient (Wildman–Crippen LogP) is 3.32. The van der Waals surface area contributed by atoms with Crippen LogP contribution in [0, 0.1) is 0 Å². The lowest BCUT2D eigenvalue weighted by atomic mass is 9.79. The van der Waals surface area contributed by atoms with Gasteiger partial charge in [0.2, 0.25) is 0 Å². The minimum absolute atomic E-state index is 0.0729. The van der Waals surface area contributed by atoms with E-state index in [9.17, 15) is 4.79 Å². The number of carbonyl (C=O) groups is 1. The molecule has 0 radical (unpaired) electrons. The highest BCUT2D eigenvalue weighted by Crippen LogP contribution is 2.42. The lowest BCUT2D eigenvalue weighted by Gasteiger charge is -2.41. The topological polar surface area (TPSA) is 32.8 Å². The molecule has 1 heterocycles. The van der Waals surface area contributed by atoms with Crippen LogP contribution in [0.1, 0.15) is 45.4 Å². The van der Waals surface area contributed by atoms with Gasteiger partial charge in [-0.15, -0.1) is 0 Å². The summed E-state index contributed by atoms with van der Waals surface area (Å²) in [6, 6.07) is 10.1. The SMILES string of the molecule is CCN(C)[C@H]1CN(C(=O)COc2ccccc2)C2(CCCCC2)C1. The van der Waals surface area contributed by atoms with Gasteiger partial charge >= 0.3 is 0 Å². The molecular weight excluding hydrogens is 300 g/mol. The first-order valence-electron chi connectivity index (χ1n) is 9.33. The van der Waals surface area contributed by atoms with Crippen molar-refractivity contribution in [3.8, 4) is 5.75 Å². The average molecular weight is 330 g/mol. The largest absolute Gasteiger partial charge is 0.484 e. The van der Waals surface area contributed by atoms with Gasteiger partial charge in [0.1, 0.15) is 5.75 Å². The molecule has 1 aliphatic heterocycles. The Morgan fingerprint density at radius 1 is 1.25 bits per heavy atom. The first kappa shape index (κ1) is 17.3. The maximum atomic E-state index is 12.9. The number of benzene rings is 1. The number of amides is 1. The van der Waals surface area contributed by atoms with Crippen LogP contribution < -0.4 is 4.74 Å². The molecule has 1 spiro atoms. The molecule has 4 nitrogen and oxygen atoms in total. The molecule has 0 N–H and O–H groups in total. The molecule has 4 heteroatoms. The van der Waals surface area contributed by atoms with E-state index in [-0.39, 0.29) is 18.1 Å². The molecule has 24 heavy (non-hydrogen) atoms. The van der Waals surface area contributed by atoms with Gasteiger partial charge in [-0.1, -0.05) is 44.4 Å². The molecule has 1 aliphatic carbocycles. The van der Waals surface area contributed by atoms with Crippen LogP contribution in [-0.2, 0) is 4.79 Å². The van der Waals surface area contributed by atoms with Crippen LogP contribution >= 0.6 is 0 Å². The van der Waals surface area contributed by atoms with E-state index in [0.29, 0.717) is 6.04 Å². The summed E-state index contributed by atoms with van der Waals surface area (Å²) >= 11 is 0. The summed E-state index contributed by atoms with van der Waals surface area (Å²) in [4.78, 5) is 17.5. The maximum absolute atomic E-state index is 12.9. The Balaban J connectivity index is 1.69. The number of rotatable bonds is 5. The zero-order valence-corrected chi connectivity index (χ0v) is 15.0. The van der Waals surface area contributed by atoms with Crippen LogP contribution in [0.4, 0.5) is 0 Å². The minimum atomic E-state index is 0.0729. The Morgan fingerprint density at radius 3 is 2.62 bits per heavy atom. The van der Waals surface area contributed by atoms with Crippen molar-refractivity contribution in [3.05, 3.63) is 30.3 Å². The standard InChI is InChI=1S/C20H30N2O2/c1-3-21(2)17-14-20(12-8-5-9-13-20)22(15-17)19(23)16-24-18-10-6-4-7-11-18/h4,6-7,10-11,17H,3,5,8-9,12-16H2,1-2H3/t17-/m1/s1. The van der Waals surface area contributed by atoms with Crippen molar-refractivity contribution in [2.75, 3.05) is 26.7 Å². The molecule has 2 aliphatic rings. The molecule has 0 aromatic heterocycles. The van der Waals surface area contributed by atoms with E-state index in [0.717, 1.165) is 38.1 Å². The van der Waals surface area contributed by atoms with Crippen molar-refractivity contribution in [2.24, 2.45) is 0 Å². The van der Waals surface area contributed by atoms with Crippen molar-refractivity contribution in [2.45, 2.75) is 57.0 Å². The highest BCUT2D eigenvalue weighted by atomic mass is 16.5. The summed E-state index contributed by atoms with van der Waals surface area (Å²) in [5.41, 5.74) is 0.0729. The highest BCUT2D eigenvalue weighted by molar-refractivity contribution is 5.79. The van der Waals surface area contributed by atoms with Crippen LogP contribution in [-0.4, -0.2) is 54.0 Å². The first-order valence-corrected chi connectivity index (χ1v) is 9.33. The molecule has 1 aromatic rings. The quantitative estimate of drug-likeness (QED) is 0.830. The third-order valence-electron chi connectivity index (χ3n) is 5.89. The van der Waals surface area contributed by atoms with E-state index in [1.165, 1.54) is 19.3 Å². The minimum Gasteiger partial charge on any atom is -0.484 e. The number of likely N-dealkylation sites (tertiary alicyclic amines) is 1. The van der Waals surface area contributed by atoms with Gasteiger partial charge in [0.15, 0.2) is 6.61 Å². The van der Waals surface area contributed by atoms with Crippen molar-refractivity contribution >= 4 is 5.91 Å². The molecule has 3 rings (SSSR count). The molecule has 1 atom stereocenters. The normalized spacial score (nSPS) is 23.0. The summed E-state index contributed by atoms with van der Waals surface area (Å²) in [5.74, 6) is 0.915. The van der Waals surface area contributed by atoms with Crippen molar-refractivity contribution in [3.63, 3.8) is 0 Å². The third-order valence-corrected chi connectivity index (χ3v) is 5.89. The first-order chi connectivity index (χ1) is 11.6. The second-order valence-corrected chi connectivity index (χ2v) is 7.32. The monoisotopic (exact) mass is 330 g/mol. The summed E-state index contributed by atoms with van der Waals surface area (Å²) in [6.07, 6.45) is 7.21. The molecule has 1 saturated carbocycles. The number of hydrogen-bond donors (Lipinski definition) is 0. The Hall–Kier alpha value is -1.55. The van der Waals surface area contributed by atoms with E-state index in [1.54, 1.807) is 0 Å². The zero-order valence-electron chi connectivity index (χ0n) is 15.0. The second kappa shape index (κ2) is 7.56. The zero-order chi connectivity index (χ0) is 17.0. The van der Waals surface area contributed by atoms with Gasteiger partial charge in [0.25, 0.3) is 5.91 Å². The lowest BCUT2D eigenvalue weighted by molar-refractivity contribution is -0.138. The fourth-order valence-electron chi connectivity index (χ4n) is 4.36. The molecule has 1 amide bonds. The lowest BCUT2D eigenvalue weighted by Crippen LogP contribution is -2.50. The molecule has 2 fully saturated rings. The van der Waals surface area contributed by atoms with Gasteiger partial charge in [0.05, 0.1) is 0 Å². The van der Waals surface area contributed by atoms with Gasteiger partial charge in [-0.2, -0.15) is 0 Å². The van der Waals surface area contributed by atoms with E-state index in [1.807, 2.05) is 30.3 Å². The van der Waals surface area contributed by atoms with Gasteiger partial charge in [-0.3, -0.25) is 4.79 Å². The Kier molecular flexibility index (Phi) is 5.44. The van der Waals surface area contributed by atoms with Crippen molar-refractivity contribution < 1.29 is 9.53 Å². The van der Waals surface area contributed by atoms with Crippen LogP contribution in [0.15, 0.2) is 30.3 Å². The molecule has 1 saturated heterocycles. The molecule has 0 unspecified atom stereocenters. The van der Waals surface area contributed by atoms with E-state index in [2.05, 4.69) is 23.8 Å². The smallest absolute Gasteiger partial charge is 0.261 e. The number of likely N-dealkylation sites (N-methyl/N-ethyl adjacent to an activating group) is 1. The van der Waals surface area contributed by atoms with Crippen LogP contribution in [0.25, 0.3) is 0 Å². The third kappa shape index (κ3) is 3.59. The molecule has 132 valence electrons. The second-order valence-electron chi connectivity index (χ2n) is 7.32. The maximum Gasteiger partial charge on any atom is 0.261 e. The van der Waals surface area contributed by atoms with E-state index < -0.39 is 0 Å². The number of carbonyl (C=O) groups excluding carboxylic acids is 1. The summed E-state index contributed by atoms with van der Waals surface area (Å²) in [6.45, 7) is 4.22. The van der Waals surface area contributed by atoms with Crippen molar-refractivity contribution in [1.82, 2.24) is 9.80 Å². The summed E-state index contributed by atoms with van der Waals surface area (Å²) in [7, 11) is 2.18. The predicted molar refractivity (Wildman–Crippen MR) is 96.2 cm³/mol. The van der Waals surface area contributed by atoms with E-state index in [4.69, 9.17) is 4.74 Å². The van der Waals surface area contributed by atoms with Gasteiger partial charge in [-0.05, 0) is 45.0 Å². The number of ether oxygens (including phenoxy) is 1. The molecule has 1 aromatic carbocycles. The molecule has 0 bridgehead atoms. The van der Waals surface area contributed by atoms with Crippen molar-refractivity contribution in [1.29, 1.82) is 0 Å². The van der Waals surface area contributed by atoms with Crippen LogP contribution in [0.5, 0.6) is 5.75 Å². The number of nitrogens with zero attached hydrogens (tertiary/aromatic N) is 2. The van der Waals surface area contributed by atoms with Crippen LogP contribution in [0.2, 0.25) is 0 Å². The number of hydrogen-bond acceptors (Lipinski definition) is 3. The molecular formula is C20H30N2O2. The van der Waals surface area contributed by atoms with Gasteiger partial charge in [0, 0.05) is 18.1 Å². The van der Waals surface area contributed by atoms with Gasteiger partial charge < -0.3 is 14.5 Å². The Morgan fingerprint density at radius 2 is 1.96 bits per heavy atom. The van der Waals surface area contributed by atoms with E-state index >= 15 is 0 Å². The highest BCUT2D eigenvalue weighted by Gasteiger charge is 2.48. The number of para-hydroxylation sites is 1. The average Bonchev–Trinajstić information content (AvgIpc) is 2.99. The van der Waals surface area contributed by atoms with Gasteiger partial charge in [-0.25, -0.2) is 0 Å². The summed E-state index contributed by atoms with van der Waals surface area (Å²) in [5, 5.41) is 0. The fraction of sp³-hybridized carbons (Fsp3) is 0.650. The fourth-order valence-corrected chi connectivity index (χ4v) is 4.36. The Bertz CT molecular complexity index is 540.